The van der Waals surface area contributed by atoms with E-state index in [2.05, 4.69) is 0 Å². The van der Waals surface area contributed by atoms with Crippen LogP contribution in [0.2, 0.25) is 0 Å². The standard InChI is InChI=1S/C6H12N2O/c1-4(2)6(8)5(9)3-7/h4-6,9H,8H2,1-2H3/t5?,6-/m0/s1. The second-order valence-electron chi connectivity index (χ2n) is 2.40. The van der Waals surface area contributed by atoms with Gasteiger partial charge in [-0.05, 0) is 5.92 Å². The highest BCUT2D eigenvalue weighted by Crippen LogP contribution is 2.01. The summed E-state index contributed by atoms with van der Waals surface area (Å²) in [6.45, 7) is 3.73. The average Bonchev–Trinajstić information content (AvgIpc) is 1.84. The summed E-state index contributed by atoms with van der Waals surface area (Å²) in [5, 5.41) is 17.0. The maximum absolute atomic E-state index is 8.81. The highest BCUT2D eigenvalue weighted by Gasteiger charge is 2.16. The average molecular weight is 128 g/mol. The van der Waals surface area contributed by atoms with Crippen LogP contribution in [0.25, 0.3) is 0 Å². The predicted octanol–water partition coefficient (Wildman–Crippen LogP) is -0.146. The largest absolute Gasteiger partial charge is 0.376 e. The fraction of sp³-hybridized carbons (Fsp3) is 0.833. The zero-order chi connectivity index (χ0) is 7.44. The third-order valence-corrected chi connectivity index (χ3v) is 1.27. The van der Waals surface area contributed by atoms with E-state index in [1.165, 1.54) is 0 Å². The third kappa shape index (κ3) is 2.45. The van der Waals surface area contributed by atoms with Gasteiger partial charge in [0.2, 0.25) is 0 Å². The van der Waals surface area contributed by atoms with Crippen LogP contribution in [0.3, 0.4) is 0 Å². The summed E-state index contributed by atoms with van der Waals surface area (Å²) in [4.78, 5) is 0. The van der Waals surface area contributed by atoms with E-state index in [0.29, 0.717) is 0 Å². The molecule has 0 amide bonds. The fourth-order valence-electron chi connectivity index (χ4n) is 0.451. The Morgan fingerprint density at radius 1 is 1.56 bits per heavy atom. The van der Waals surface area contributed by atoms with Gasteiger partial charge in [0.15, 0.2) is 6.10 Å². The summed E-state index contributed by atoms with van der Waals surface area (Å²) in [6, 6.07) is 1.26. The molecular weight excluding hydrogens is 116 g/mol. The van der Waals surface area contributed by atoms with E-state index in [-0.39, 0.29) is 5.92 Å². The SMILES string of the molecule is CC(C)[C@H](N)C(O)C#N. The second-order valence-corrected chi connectivity index (χ2v) is 2.40. The predicted molar refractivity (Wildman–Crippen MR) is 34.4 cm³/mol. The van der Waals surface area contributed by atoms with E-state index < -0.39 is 12.1 Å². The van der Waals surface area contributed by atoms with Crippen molar-refractivity contribution in [1.82, 2.24) is 0 Å². The summed E-state index contributed by atoms with van der Waals surface area (Å²) in [5.74, 6) is 0.152. The van der Waals surface area contributed by atoms with Crippen molar-refractivity contribution in [2.75, 3.05) is 0 Å². The van der Waals surface area contributed by atoms with Gasteiger partial charge in [-0.25, -0.2) is 0 Å². The van der Waals surface area contributed by atoms with Gasteiger partial charge in [0.25, 0.3) is 0 Å². The molecule has 0 saturated heterocycles. The molecule has 3 N–H and O–H groups in total. The van der Waals surface area contributed by atoms with Crippen LogP contribution in [0, 0.1) is 17.2 Å². The van der Waals surface area contributed by atoms with E-state index >= 15 is 0 Å². The number of nitrogens with two attached hydrogens (primary N) is 1. The van der Waals surface area contributed by atoms with Crippen LogP contribution in [0.1, 0.15) is 13.8 Å². The summed E-state index contributed by atoms with van der Waals surface area (Å²) in [7, 11) is 0. The molecule has 0 aliphatic rings. The number of hydrogen-bond donors (Lipinski definition) is 2. The van der Waals surface area contributed by atoms with Crippen molar-refractivity contribution in [2.45, 2.75) is 26.0 Å². The Morgan fingerprint density at radius 2 is 2.00 bits per heavy atom. The molecule has 0 bridgehead atoms. The van der Waals surface area contributed by atoms with Gasteiger partial charge in [-0.3, -0.25) is 0 Å². The number of aliphatic hydroxyl groups is 1. The third-order valence-electron chi connectivity index (χ3n) is 1.27. The number of hydrogen-bond acceptors (Lipinski definition) is 3. The summed E-state index contributed by atoms with van der Waals surface area (Å²) >= 11 is 0. The molecule has 0 saturated carbocycles. The highest BCUT2D eigenvalue weighted by atomic mass is 16.3. The highest BCUT2D eigenvalue weighted by molar-refractivity contribution is 4.91. The molecule has 0 radical (unpaired) electrons. The van der Waals surface area contributed by atoms with Crippen molar-refractivity contribution in [1.29, 1.82) is 5.26 Å². The van der Waals surface area contributed by atoms with E-state index in [9.17, 15) is 0 Å². The van der Waals surface area contributed by atoms with Crippen LogP contribution in [0.15, 0.2) is 0 Å². The Kier molecular flexibility index (Phi) is 3.21. The van der Waals surface area contributed by atoms with Crippen LogP contribution in [0.4, 0.5) is 0 Å². The summed E-state index contributed by atoms with van der Waals surface area (Å²) in [5.41, 5.74) is 5.40. The van der Waals surface area contributed by atoms with Gasteiger partial charge in [-0.15, -0.1) is 0 Å². The fourth-order valence-corrected chi connectivity index (χ4v) is 0.451. The number of rotatable bonds is 2. The quantitative estimate of drug-likeness (QED) is 0.508. The minimum atomic E-state index is -1.02. The van der Waals surface area contributed by atoms with Crippen molar-refractivity contribution >= 4 is 0 Å². The van der Waals surface area contributed by atoms with Gasteiger partial charge in [-0.1, -0.05) is 13.8 Å². The van der Waals surface area contributed by atoms with Gasteiger partial charge in [0, 0.05) is 6.04 Å². The maximum Gasteiger partial charge on any atom is 0.155 e. The van der Waals surface area contributed by atoms with Crippen LogP contribution in [-0.2, 0) is 0 Å². The molecule has 0 aliphatic heterocycles. The molecule has 0 aliphatic carbocycles. The van der Waals surface area contributed by atoms with Gasteiger partial charge in [-0.2, -0.15) is 5.26 Å². The molecule has 2 atom stereocenters. The molecule has 3 heteroatoms. The zero-order valence-corrected chi connectivity index (χ0v) is 5.70. The van der Waals surface area contributed by atoms with Crippen LogP contribution < -0.4 is 5.73 Å². The summed E-state index contributed by atoms with van der Waals surface area (Å²) in [6.07, 6.45) is -1.02. The van der Waals surface area contributed by atoms with Gasteiger partial charge in [0.05, 0.1) is 6.07 Å². The first-order valence-corrected chi connectivity index (χ1v) is 2.93. The molecule has 0 aromatic heterocycles. The topological polar surface area (TPSA) is 70.0 Å². The van der Waals surface area contributed by atoms with E-state index in [1.54, 1.807) is 6.07 Å². The lowest BCUT2D eigenvalue weighted by molar-refractivity contribution is 0.175. The smallest absolute Gasteiger partial charge is 0.155 e. The zero-order valence-electron chi connectivity index (χ0n) is 5.70. The molecule has 52 valence electrons. The molecule has 9 heavy (non-hydrogen) atoms. The van der Waals surface area contributed by atoms with Crippen molar-refractivity contribution in [3.8, 4) is 6.07 Å². The summed E-state index contributed by atoms with van der Waals surface area (Å²) < 4.78 is 0. The number of nitriles is 1. The first kappa shape index (κ1) is 8.41. The van der Waals surface area contributed by atoms with Gasteiger partial charge >= 0.3 is 0 Å². The van der Waals surface area contributed by atoms with Gasteiger partial charge < -0.3 is 10.8 Å². The molecule has 3 nitrogen and oxygen atoms in total. The second kappa shape index (κ2) is 3.44. The monoisotopic (exact) mass is 128 g/mol. The van der Waals surface area contributed by atoms with E-state index in [0.717, 1.165) is 0 Å². The minimum absolute atomic E-state index is 0.152. The lowest BCUT2D eigenvalue weighted by atomic mass is 10.0. The normalized spacial score (nSPS) is 16.9. The van der Waals surface area contributed by atoms with E-state index in [1.807, 2.05) is 13.8 Å². The van der Waals surface area contributed by atoms with Crippen LogP contribution >= 0.6 is 0 Å². The van der Waals surface area contributed by atoms with Crippen molar-refractivity contribution < 1.29 is 5.11 Å². The van der Waals surface area contributed by atoms with Crippen molar-refractivity contribution in [3.05, 3.63) is 0 Å². The Balaban J connectivity index is 3.76. The van der Waals surface area contributed by atoms with Crippen molar-refractivity contribution in [3.63, 3.8) is 0 Å². The maximum atomic E-state index is 8.81. The van der Waals surface area contributed by atoms with Crippen LogP contribution in [0.5, 0.6) is 0 Å². The molecule has 0 rings (SSSR count). The first-order valence-electron chi connectivity index (χ1n) is 2.93. The van der Waals surface area contributed by atoms with Gasteiger partial charge in [0.1, 0.15) is 0 Å². The molecule has 1 unspecified atom stereocenters. The lowest BCUT2D eigenvalue weighted by Crippen LogP contribution is -2.38. The molecule has 0 aromatic rings. The molecule has 0 spiro atoms. The Labute approximate surface area is 55.1 Å². The van der Waals surface area contributed by atoms with Crippen molar-refractivity contribution in [2.24, 2.45) is 11.7 Å². The molecular formula is C6H12N2O. The molecule has 0 aromatic carbocycles. The first-order chi connectivity index (χ1) is 4.09. The van der Waals surface area contributed by atoms with E-state index in [4.69, 9.17) is 16.1 Å². The Morgan fingerprint density at radius 3 is 2.11 bits per heavy atom. The lowest BCUT2D eigenvalue weighted by Gasteiger charge is -2.15. The molecule has 0 heterocycles. The Hall–Kier alpha value is -0.590. The number of aliphatic hydroxyl groups excluding tert-OH is 1. The number of nitrogens with zero attached hydrogens (tertiary/aromatic N) is 1. The Bertz CT molecular complexity index is 117. The molecule has 0 fully saturated rings. The van der Waals surface area contributed by atoms with Crippen LogP contribution in [-0.4, -0.2) is 17.3 Å². The minimum Gasteiger partial charge on any atom is -0.376 e.